The molecule has 0 bridgehead atoms. The monoisotopic (exact) mass is 317 g/mol. The van der Waals surface area contributed by atoms with Crippen LogP contribution >= 0.6 is 0 Å². The maximum Gasteiger partial charge on any atom is 0.130 e. The number of nitrogens with two attached hydrogens (primary N) is 1. The summed E-state index contributed by atoms with van der Waals surface area (Å²) in [6.45, 7) is 0.991. The lowest BCUT2D eigenvalue weighted by Crippen LogP contribution is -2.10. The summed E-state index contributed by atoms with van der Waals surface area (Å²) in [6.07, 6.45) is 0.779. The molecule has 3 N–H and O–H groups in total. The van der Waals surface area contributed by atoms with E-state index in [0.29, 0.717) is 13.2 Å². The van der Waals surface area contributed by atoms with Crippen molar-refractivity contribution in [2.75, 3.05) is 13.2 Å². The maximum atomic E-state index is 5.81. The summed E-state index contributed by atoms with van der Waals surface area (Å²) < 4.78 is 5.81. The molecule has 0 aliphatic heterocycles. The molecule has 0 unspecified atom stereocenters. The van der Waals surface area contributed by atoms with E-state index in [1.165, 1.54) is 16.3 Å². The highest BCUT2D eigenvalue weighted by molar-refractivity contribution is 5.90. The fourth-order valence-corrected chi connectivity index (χ4v) is 3.15. The highest BCUT2D eigenvalue weighted by Crippen LogP contribution is 2.30. The van der Waals surface area contributed by atoms with Crippen LogP contribution in [0.1, 0.15) is 11.3 Å². The average molecular weight is 317 g/mol. The second-order valence-electron chi connectivity index (χ2n) is 5.80. The summed E-state index contributed by atoms with van der Waals surface area (Å²) in [7, 11) is 0. The molecule has 0 saturated carbocycles. The van der Waals surface area contributed by atoms with Crippen LogP contribution in [-0.2, 0) is 6.42 Å². The molecular weight excluding hydrogens is 298 g/mol. The lowest BCUT2D eigenvalue weighted by molar-refractivity contribution is 0.332. The number of H-pyrrole nitrogens is 1. The first-order valence-corrected chi connectivity index (χ1v) is 8.12. The maximum absolute atomic E-state index is 5.81. The van der Waals surface area contributed by atoms with Crippen molar-refractivity contribution < 1.29 is 4.74 Å². The summed E-state index contributed by atoms with van der Waals surface area (Å²) in [5, 5.41) is 11.2. The molecule has 3 aromatic carbocycles. The molecule has 0 radical (unpaired) electrons. The van der Waals surface area contributed by atoms with Gasteiger partial charge in [0.15, 0.2) is 0 Å². The van der Waals surface area contributed by atoms with Crippen LogP contribution in [0.4, 0.5) is 0 Å². The van der Waals surface area contributed by atoms with Crippen molar-refractivity contribution in [1.82, 2.24) is 10.2 Å². The number of nitrogens with one attached hydrogen (secondary N) is 1. The Morgan fingerprint density at radius 1 is 0.958 bits per heavy atom. The molecule has 1 heterocycles. The molecule has 24 heavy (non-hydrogen) atoms. The Hall–Kier alpha value is -2.85. The molecule has 0 spiro atoms. The van der Waals surface area contributed by atoms with Crippen LogP contribution in [0.25, 0.3) is 21.7 Å². The second-order valence-corrected chi connectivity index (χ2v) is 5.80. The average Bonchev–Trinajstić information content (AvgIpc) is 3.04. The fourth-order valence-electron chi connectivity index (χ4n) is 3.15. The molecule has 0 fully saturated rings. The van der Waals surface area contributed by atoms with Gasteiger partial charge in [0, 0.05) is 13.0 Å². The van der Waals surface area contributed by atoms with E-state index >= 15 is 0 Å². The molecule has 4 rings (SSSR count). The van der Waals surface area contributed by atoms with Crippen LogP contribution in [-0.4, -0.2) is 23.3 Å². The van der Waals surface area contributed by atoms with Gasteiger partial charge in [0.2, 0.25) is 0 Å². The van der Waals surface area contributed by atoms with Crippen molar-refractivity contribution in [2.45, 2.75) is 6.42 Å². The van der Waals surface area contributed by atoms with Gasteiger partial charge in [0.25, 0.3) is 0 Å². The molecule has 4 aromatic rings. The highest BCUT2D eigenvalue weighted by Gasteiger charge is 2.12. The Labute approximate surface area is 140 Å². The highest BCUT2D eigenvalue weighted by atomic mass is 16.5. The third-order valence-electron chi connectivity index (χ3n) is 4.24. The van der Waals surface area contributed by atoms with Crippen molar-refractivity contribution >= 4 is 21.7 Å². The number of rotatable bonds is 5. The Morgan fingerprint density at radius 3 is 2.71 bits per heavy atom. The van der Waals surface area contributed by atoms with Crippen molar-refractivity contribution in [3.63, 3.8) is 0 Å². The van der Waals surface area contributed by atoms with Gasteiger partial charge in [-0.1, -0.05) is 48.5 Å². The van der Waals surface area contributed by atoms with E-state index in [4.69, 9.17) is 10.5 Å². The summed E-state index contributed by atoms with van der Waals surface area (Å²) in [4.78, 5) is 0. The van der Waals surface area contributed by atoms with Gasteiger partial charge in [0.1, 0.15) is 12.4 Å². The molecule has 0 atom stereocenters. The summed E-state index contributed by atoms with van der Waals surface area (Å²) in [5.41, 5.74) is 8.82. The van der Waals surface area contributed by atoms with Gasteiger partial charge in [-0.05, 0) is 28.5 Å². The van der Waals surface area contributed by atoms with Gasteiger partial charge in [0.05, 0.1) is 16.6 Å². The summed E-state index contributed by atoms with van der Waals surface area (Å²) in [6, 6.07) is 20.8. The van der Waals surface area contributed by atoms with Crippen molar-refractivity contribution in [3.8, 4) is 5.75 Å². The quantitative estimate of drug-likeness (QED) is 0.590. The van der Waals surface area contributed by atoms with E-state index in [2.05, 4.69) is 52.7 Å². The number of aromatic nitrogens is 2. The minimum Gasteiger partial charge on any atom is -0.491 e. The number of hydrogen-bond acceptors (Lipinski definition) is 3. The fraction of sp³-hybridized carbons (Fsp3) is 0.150. The molecule has 0 amide bonds. The first-order chi connectivity index (χ1) is 11.9. The van der Waals surface area contributed by atoms with E-state index in [9.17, 15) is 0 Å². The Morgan fingerprint density at radius 2 is 1.79 bits per heavy atom. The Bertz CT molecular complexity index is 985. The molecule has 4 heteroatoms. The van der Waals surface area contributed by atoms with Gasteiger partial charge in [-0.15, -0.1) is 0 Å². The zero-order chi connectivity index (χ0) is 16.4. The topological polar surface area (TPSA) is 63.9 Å². The number of ether oxygens (including phenoxy) is 1. The number of nitrogens with zero attached hydrogens (tertiary/aromatic N) is 1. The molecule has 0 saturated heterocycles. The van der Waals surface area contributed by atoms with E-state index in [0.717, 1.165) is 28.8 Å². The van der Waals surface area contributed by atoms with Crippen LogP contribution in [0.3, 0.4) is 0 Å². The minimum absolute atomic E-state index is 0.493. The zero-order valence-corrected chi connectivity index (χ0v) is 13.3. The normalized spacial score (nSPS) is 11.2. The SMILES string of the molecule is NCCOc1cccc2n[nH]c(Cc3cccc4ccccc34)c12. The van der Waals surface area contributed by atoms with Gasteiger partial charge in [-0.25, -0.2) is 0 Å². The third kappa shape index (κ3) is 2.61. The molecular formula is C20H19N3O. The third-order valence-corrected chi connectivity index (χ3v) is 4.24. The number of benzene rings is 3. The number of fused-ring (bicyclic) bond motifs is 2. The lowest BCUT2D eigenvalue weighted by Gasteiger charge is -2.09. The molecule has 4 nitrogen and oxygen atoms in total. The molecule has 0 aliphatic carbocycles. The van der Waals surface area contributed by atoms with Crippen molar-refractivity contribution in [1.29, 1.82) is 0 Å². The van der Waals surface area contributed by atoms with E-state index < -0.39 is 0 Å². The Kier molecular flexibility index (Phi) is 3.89. The number of aromatic amines is 1. The lowest BCUT2D eigenvalue weighted by atomic mass is 9.99. The predicted molar refractivity (Wildman–Crippen MR) is 97.4 cm³/mol. The van der Waals surface area contributed by atoms with Gasteiger partial charge < -0.3 is 10.5 Å². The second kappa shape index (κ2) is 6.34. The van der Waals surface area contributed by atoms with Crippen molar-refractivity contribution in [2.24, 2.45) is 5.73 Å². The predicted octanol–water partition coefficient (Wildman–Crippen LogP) is 3.64. The van der Waals surface area contributed by atoms with Gasteiger partial charge in [-0.3, -0.25) is 5.10 Å². The van der Waals surface area contributed by atoms with Crippen molar-refractivity contribution in [3.05, 3.63) is 71.9 Å². The molecule has 1 aromatic heterocycles. The van der Waals surface area contributed by atoms with E-state index in [-0.39, 0.29) is 0 Å². The zero-order valence-electron chi connectivity index (χ0n) is 13.3. The van der Waals surface area contributed by atoms with Gasteiger partial charge >= 0.3 is 0 Å². The molecule has 0 aliphatic rings. The Balaban J connectivity index is 1.79. The van der Waals surface area contributed by atoms with E-state index in [1.54, 1.807) is 0 Å². The van der Waals surface area contributed by atoms with Crippen LogP contribution in [0.5, 0.6) is 5.75 Å². The van der Waals surface area contributed by atoms with Crippen LogP contribution < -0.4 is 10.5 Å². The largest absolute Gasteiger partial charge is 0.491 e. The van der Waals surface area contributed by atoms with Crippen LogP contribution in [0.15, 0.2) is 60.7 Å². The standard InChI is InChI=1S/C20H19N3O/c21-11-12-24-19-10-4-9-17-20(19)18(23-22-17)13-15-7-3-6-14-5-1-2-8-16(14)15/h1-10H,11-13,21H2,(H,22,23). The first kappa shape index (κ1) is 14.7. The van der Waals surface area contributed by atoms with E-state index in [1.807, 2.05) is 18.2 Å². The first-order valence-electron chi connectivity index (χ1n) is 8.12. The van der Waals surface area contributed by atoms with Gasteiger partial charge in [-0.2, -0.15) is 5.10 Å². The molecule has 120 valence electrons. The smallest absolute Gasteiger partial charge is 0.130 e. The summed E-state index contributed by atoms with van der Waals surface area (Å²) >= 11 is 0. The number of hydrogen-bond donors (Lipinski definition) is 2. The van der Waals surface area contributed by atoms with Crippen LogP contribution in [0.2, 0.25) is 0 Å². The summed E-state index contributed by atoms with van der Waals surface area (Å²) in [5.74, 6) is 0.835. The minimum atomic E-state index is 0.493. The van der Waals surface area contributed by atoms with Crippen LogP contribution in [0, 0.1) is 0 Å².